The molecule has 0 fully saturated rings. The summed E-state index contributed by atoms with van der Waals surface area (Å²) in [5.74, 6) is -1.56. The monoisotopic (exact) mass is 427 g/mol. The molecule has 0 bridgehead atoms. The molecule has 10 heteroatoms. The Hall–Kier alpha value is -2.70. The maximum Gasteiger partial charge on any atom is 0.417 e. The second kappa shape index (κ2) is 9.48. The number of alkyl halides is 3. The lowest BCUT2D eigenvalue weighted by molar-refractivity contribution is -0.137. The summed E-state index contributed by atoms with van der Waals surface area (Å²) < 4.78 is 37.8. The molecule has 1 aromatic heterocycles. The molecule has 0 radical (unpaired) electrons. The summed E-state index contributed by atoms with van der Waals surface area (Å²) in [7, 11) is 0. The number of amides is 1. The van der Waals surface area contributed by atoms with Gasteiger partial charge in [-0.15, -0.1) is 0 Å². The third kappa shape index (κ3) is 5.90. The van der Waals surface area contributed by atoms with Crippen LogP contribution in [0.25, 0.3) is 0 Å². The van der Waals surface area contributed by atoms with E-state index in [1.807, 2.05) is 6.07 Å². The molecule has 1 aromatic carbocycles. The Labute approximate surface area is 167 Å². The van der Waals surface area contributed by atoms with E-state index in [-0.39, 0.29) is 22.3 Å². The van der Waals surface area contributed by atoms with E-state index in [1.54, 1.807) is 30.3 Å². The number of carbonyl (C=O) groups is 1. The molecule has 0 spiro atoms. The molecule has 0 saturated heterocycles. The van der Waals surface area contributed by atoms with Crippen LogP contribution in [0, 0.1) is 11.3 Å². The van der Waals surface area contributed by atoms with E-state index in [4.69, 9.17) is 16.9 Å². The molecule has 0 atom stereocenters. The van der Waals surface area contributed by atoms with Crippen molar-refractivity contribution >= 4 is 29.3 Å². The zero-order chi connectivity index (χ0) is 20.7. The summed E-state index contributed by atoms with van der Waals surface area (Å²) >= 11 is 6.59. The van der Waals surface area contributed by atoms with Gasteiger partial charge in [-0.2, -0.15) is 18.4 Å². The predicted octanol–water partition coefficient (Wildman–Crippen LogP) is 4.50. The highest BCUT2D eigenvalue weighted by atomic mass is 35.5. The van der Waals surface area contributed by atoms with Gasteiger partial charge in [0.15, 0.2) is 5.57 Å². The second-order valence-electron chi connectivity index (χ2n) is 5.40. The quantitative estimate of drug-likeness (QED) is 0.307. The van der Waals surface area contributed by atoms with Crippen LogP contribution in [0.15, 0.2) is 59.0 Å². The summed E-state index contributed by atoms with van der Waals surface area (Å²) in [6.45, 7) is 0.164. The average molecular weight is 428 g/mol. The molecule has 1 amide bonds. The minimum atomic E-state index is -4.58. The fraction of sp³-hybridized carbons (Fsp3) is 0.167. The maximum atomic E-state index is 12.6. The van der Waals surface area contributed by atoms with Gasteiger partial charge in [-0.05, 0) is 11.6 Å². The molecule has 0 aliphatic heterocycles. The molecule has 28 heavy (non-hydrogen) atoms. The van der Waals surface area contributed by atoms with Crippen molar-refractivity contribution in [3.8, 4) is 6.07 Å². The van der Waals surface area contributed by atoms with Crippen molar-refractivity contribution in [2.45, 2.75) is 17.7 Å². The minimum Gasteiger partial charge on any atom is -0.510 e. The molecule has 1 heterocycles. The summed E-state index contributed by atoms with van der Waals surface area (Å²) in [5.41, 5.74) is -0.686. The van der Waals surface area contributed by atoms with E-state index < -0.39 is 29.0 Å². The number of thioether (sulfide) groups is 1. The molecule has 0 aliphatic rings. The number of aromatic nitrogens is 1. The SMILES string of the molecule is N#C/C(C(=O)NCc1ccccc1)=C(/O)CSc1ncc(C(F)(F)F)cc1Cl. The molecule has 0 aliphatic carbocycles. The lowest BCUT2D eigenvalue weighted by Crippen LogP contribution is -2.25. The van der Waals surface area contributed by atoms with E-state index in [0.29, 0.717) is 6.20 Å². The predicted molar refractivity (Wildman–Crippen MR) is 98.5 cm³/mol. The third-order valence-electron chi connectivity index (χ3n) is 3.40. The minimum absolute atomic E-state index is 0.0307. The van der Waals surface area contributed by atoms with Crippen LogP contribution < -0.4 is 5.32 Å². The van der Waals surface area contributed by atoms with Crippen LogP contribution in [0.2, 0.25) is 5.02 Å². The lowest BCUT2D eigenvalue weighted by atomic mass is 10.2. The number of hydrogen-bond donors (Lipinski definition) is 2. The van der Waals surface area contributed by atoms with Gasteiger partial charge in [-0.25, -0.2) is 4.98 Å². The zero-order valence-corrected chi connectivity index (χ0v) is 15.7. The second-order valence-corrected chi connectivity index (χ2v) is 6.77. The van der Waals surface area contributed by atoms with E-state index >= 15 is 0 Å². The Kier molecular flexibility index (Phi) is 7.31. The number of halogens is 4. The summed E-state index contributed by atoms with van der Waals surface area (Å²) in [4.78, 5) is 15.7. The van der Waals surface area contributed by atoms with Gasteiger partial charge in [0, 0.05) is 12.7 Å². The Morgan fingerprint density at radius 2 is 2.00 bits per heavy atom. The van der Waals surface area contributed by atoms with Gasteiger partial charge < -0.3 is 10.4 Å². The van der Waals surface area contributed by atoms with Gasteiger partial charge >= 0.3 is 6.18 Å². The summed E-state index contributed by atoms with van der Waals surface area (Å²) in [5, 5.41) is 21.5. The van der Waals surface area contributed by atoms with Crippen molar-refractivity contribution in [1.29, 1.82) is 5.26 Å². The number of benzene rings is 1. The molecule has 0 saturated carbocycles. The number of carbonyl (C=O) groups excluding carboxylic acids is 1. The van der Waals surface area contributed by atoms with Crippen molar-refractivity contribution < 1.29 is 23.1 Å². The topological polar surface area (TPSA) is 86.0 Å². The standard InChI is InChI=1S/C18H13ClF3N3O2S/c19-14-6-12(18(20,21)22)9-25-17(14)28-10-15(26)13(7-23)16(27)24-8-11-4-2-1-3-5-11/h1-6,9,26H,8,10H2,(H,24,27)/b15-13-. The van der Waals surface area contributed by atoms with Gasteiger partial charge in [0.05, 0.1) is 16.3 Å². The molecule has 2 aromatic rings. The Morgan fingerprint density at radius 1 is 1.32 bits per heavy atom. The average Bonchev–Trinajstić information content (AvgIpc) is 2.66. The first-order valence-corrected chi connectivity index (χ1v) is 9.08. The summed E-state index contributed by atoms with van der Waals surface area (Å²) in [6.07, 6.45) is -3.96. The van der Waals surface area contributed by atoms with Gasteiger partial charge in [0.25, 0.3) is 5.91 Å². The number of nitriles is 1. The molecular weight excluding hydrogens is 415 g/mol. The van der Waals surface area contributed by atoms with Crippen molar-refractivity contribution in [1.82, 2.24) is 10.3 Å². The van der Waals surface area contributed by atoms with Crippen molar-refractivity contribution in [2.75, 3.05) is 5.75 Å². The van der Waals surface area contributed by atoms with Crippen molar-refractivity contribution in [3.05, 3.63) is 70.1 Å². The van der Waals surface area contributed by atoms with Crippen LogP contribution in [-0.2, 0) is 17.5 Å². The molecule has 2 rings (SSSR count). The lowest BCUT2D eigenvalue weighted by Gasteiger charge is -2.09. The first-order valence-electron chi connectivity index (χ1n) is 7.72. The molecular formula is C18H13ClF3N3O2S. The molecule has 0 unspecified atom stereocenters. The zero-order valence-electron chi connectivity index (χ0n) is 14.1. The highest BCUT2D eigenvalue weighted by Gasteiger charge is 2.31. The highest BCUT2D eigenvalue weighted by Crippen LogP contribution is 2.34. The Morgan fingerprint density at radius 3 is 2.57 bits per heavy atom. The van der Waals surface area contributed by atoms with Crippen LogP contribution in [0.3, 0.4) is 0 Å². The number of rotatable bonds is 6. The van der Waals surface area contributed by atoms with Crippen LogP contribution >= 0.6 is 23.4 Å². The fourth-order valence-electron chi connectivity index (χ4n) is 2.01. The number of aliphatic hydroxyl groups excluding tert-OH is 1. The van der Waals surface area contributed by atoms with Gasteiger partial charge in [0.2, 0.25) is 0 Å². The number of pyridine rings is 1. The normalized spacial score (nSPS) is 12.1. The Bertz CT molecular complexity index is 928. The highest BCUT2D eigenvalue weighted by molar-refractivity contribution is 7.99. The number of hydrogen-bond acceptors (Lipinski definition) is 5. The van der Waals surface area contributed by atoms with E-state index in [2.05, 4.69) is 10.3 Å². The number of nitrogens with one attached hydrogen (secondary N) is 1. The smallest absolute Gasteiger partial charge is 0.417 e. The largest absolute Gasteiger partial charge is 0.510 e. The first kappa shape index (κ1) is 21.6. The van der Waals surface area contributed by atoms with Gasteiger partial charge in [-0.1, -0.05) is 53.7 Å². The van der Waals surface area contributed by atoms with Gasteiger partial charge in [-0.3, -0.25) is 4.79 Å². The fourth-order valence-corrected chi connectivity index (χ4v) is 3.08. The maximum absolute atomic E-state index is 12.6. The van der Waals surface area contributed by atoms with Crippen LogP contribution in [0.4, 0.5) is 13.2 Å². The van der Waals surface area contributed by atoms with Crippen molar-refractivity contribution in [3.63, 3.8) is 0 Å². The van der Waals surface area contributed by atoms with E-state index in [9.17, 15) is 23.1 Å². The number of aliphatic hydroxyl groups is 1. The number of nitrogens with zero attached hydrogens (tertiary/aromatic N) is 2. The van der Waals surface area contributed by atoms with Crippen LogP contribution in [0.1, 0.15) is 11.1 Å². The summed E-state index contributed by atoms with van der Waals surface area (Å²) in [6, 6.07) is 11.3. The third-order valence-corrected chi connectivity index (χ3v) is 4.82. The van der Waals surface area contributed by atoms with Crippen LogP contribution in [0.5, 0.6) is 0 Å². The van der Waals surface area contributed by atoms with Crippen molar-refractivity contribution in [2.24, 2.45) is 0 Å². The molecule has 146 valence electrons. The first-order chi connectivity index (χ1) is 13.2. The molecule has 2 N–H and O–H groups in total. The molecule has 5 nitrogen and oxygen atoms in total. The van der Waals surface area contributed by atoms with E-state index in [0.717, 1.165) is 23.4 Å². The van der Waals surface area contributed by atoms with E-state index in [1.165, 1.54) is 0 Å². The van der Waals surface area contributed by atoms with Gasteiger partial charge in [0.1, 0.15) is 16.9 Å². The van der Waals surface area contributed by atoms with Crippen LogP contribution in [-0.4, -0.2) is 21.8 Å². The Balaban J connectivity index is 2.04.